The van der Waals surface area contributed by atoms with Crippen LogP contribution in [0.15, 0.2) is 12.1 Å². The zero-order valence-electron chi connectivity index (χ0n) is 12.7. The zero-order valence-corrected chi connectivity index (χ0v) is 12.7. The first-order valence-electron chi connectivity index (χ1n) is 6.88. The summed E-state index contributed by atoms with van der Waals surface area (Å²) in [4.78, 5) is 0. The Morgan fingerprint density at radius 2 is 1.71 bits per heavy atom. The Hall–Kier alpha value is -1.24. The van der Waals surface area contributed by atoms with Crippen molar-refractivity contribution in [3.8, 4) is 5.75 Å². The third-order valence-electron chi connectivity index (χ3n) is 2.59. The van der Waals surface area contributed by atoms with Crippen LogP contribution in [0, 0.1) is 11.6 Å². The number of ether oxygens (including phenoxy) is 2. The normalized spacial score (nSPS) is 11.7. The van der Waals surface area contributed by atoms with Gasteiger partial charge in [0.1, 0.15) is 6.61 Å². The lowest BCUT2D eigenvalue weighted by atomic mass is 10.1. The van der Waals surface area contributed by atoms with Gasteiger partial charge in [0, 0.05) is 12.1 Å². The highest BCUT2D eigenvalue weighted by Gasteiger charge is 2.14. The molecule has 4 nitrogen and oxygen atoms in total. The van der Waals surface area contributed by atoms with Crippen LogP contribution >= 0.6 is 0 Å². The van der Waals surface area contributed by atoms with Crippen molar-refractivity contribution < 1.29 is 23.4 Å². The summed E-state index contributed by atoms with van der Waals surface area (Å²) in [6.45, 7) is 6.55. The summed E-state index contributed by atoms with van der Waals surface area (Å²) < 4.78 is 37.7. The molecule has 0 aliphatic rings. The molecule has 0 aromatic heterocycles. The van der Waals surface area contributed by atoms with Crippen LogP contribution in [0.2, 0.25) is 0 Å². The summed E-state index contributed by atoms with van der Waals surface area (Å²) in [5.41, 5.74) is 0.385. The van der Waals surface area contributed by atoms with Crippen LogP contribution < -0.4 is 10.1 Å². The third-order valence-corrected chi connectivity index (χ3v) is 2.59. The van der Waals surface area contributed by atoms with Gasteiger partial charge in [-0.3, -0.25) is 0 Å². The average molecular weight is 303 g/mol. The first-order chi connectivity index (χ1) is 9.83. The van der Waals surface area contributed by atoms with Crippen molar-refractivity contribution >= 4 is 0 Å². The lowest BCUT2D eigenvalue weighted by Crippen LogP contribution is -2.35. The number of aliphatic hydroxyl groups excluding tert-OH is 1. The van der Waals surface area contributed by atoms with Gasteiger partial charge in [0.05, 0.1) is 19.8 Å². The fourth-order valence-electron chi connectivity index (χ4n) is 1.59. The van der Waals surface area contributed by atoms with E-state index in [0.29, 0.717) is 12.1 Å². The van der Waals surface area contributed by atoms with Crippen molar-refractivity contribution in [3.05, 3.63) is 29.3 Å². The van der Waals surface area contributed by atoms with Crippen molar-refractivity contribution in [3.63, 3.8) is 0 Å². The molecule has 2 N–H and O–H groups in total. The highest BCUT2D eigenvalue weighted by Crippen LogP contribution is 2.23. The highest BCUT2D eigenvalue weighted by molar-refractivity contribution is 5.31. The van der Waals surface area contributed by atoms with E-state index >= 15 is 0 Å². The lowest BCUT2D eigenvalue weighted by molar-refractivity contribution is 0.0686. The summed E-state index contributed by atoms with van der Waals surface area (Å²) in [6.07, 6.45) is 0. The first-order valence-corrected chi connectivity index (χ1v) is 6.88. The van der Waals surface area contributed by atoms with E-state index in [1.54, 1.807) is 0 Å². The molecular weight excluding hydrogens is 280 g/mol. The SMILES string of the molecule is CC(C)(C)NCc1cc(F)c(OCCOCCO)c(F)c1. The minimum atomic E-state index is -0.733. The number of aliphatic hydroxyl groups is 1. The molecule has 0 saturated heterocycles. The number of halogens is 2. The predicted molar refractivity (Wildman–Crippen MR) is 76.4 cm³/mol. The molecule has 0 amide bonds. The number of rotatable bonds is 8. The lowest BCUT2D eigenvalue weighted by Gasteiger charge is -2.20. The van der Waals surface area contributed by atoms with E-state index in [-0.39, 0.29) is 32.0 Å². The van der Waals surface area contributed by atoms with E-state index in [1.807, 2.05) is 20.8 Å². The second-order valence-corrected chi connectivity index (χ2v) is 5.68. The van der Waals surface area contributed by atoms with Gasteiger partial charge in [-0.2, -0.15) is 0 Å². The van der Waals surface area contributed by atoms with Gasteiger partial charge in [0.2, 0.25) is 0 Å². The van der Waals surface area contributed by atoms with Gasteiger partial charge in [0.15, 0.2) is 17.4 Å². The molecule has 0 radical (unpaired) electrons. The summed E-state index contributed by atoms with van der Waals surface area (Å²) in [7, 11) is 0. The zero-order chi connectivity index (χ0) is 15.9. The van der Waals surface area contributed by atoms with Gasteiger partial charge in [-0.15, -0.1) is 0 Å². The topological polar surface area (TPSA) is 50.7 Å². The minimum Gasteiger partial charge on any atom is -0.485 e. The fraction of sp³-hybridized carbons (Fsp3) is 0.600. The van der Waals surface area contributed by atoms with Crippen LogP contribution in [-0.2, 0) is 11.3 Å². The number of hydrogen-bond acceptors (Lipinski definition) is 4. The number of nitrogens with one attached hydrogen (secondary N) is 1. The van der Waals surface area contributed by atoms with E-state index in [9.17, 15) is 8.78 Å². The first kappa shape index (κ1) is 17.8. The van der Waals surface area contributed by atoms with Gasteiger partial charge in [0.25, 0.3) is 0 Å². The predicted octanol–water partition coefficient (Wildman–Crippen LogP) is 2.24. The van der Waals surface area contributed by atoms with Gasteiger partial charge in [-0.25, -0.2) is 8.78 Å². The molecule has 1 aromatic rings. The monoisotopic (exact) mass is 303 g/mol. The molecule has 0 spiro atoms. The standard InChI is InChI=1S/C15H23F2NO3/c1-15(2,3)18-10-11-8-12(16)14(13(17)9-11)21-7-6-20-5-4-19/h8-9,18-19H,4-7,10H2,1-3H3. The molecule has 120 valence electrons. The molecule has 21 heavy (non-hydrogen) atoms. The molecule has 6 heteroatoms. The summed E-state index contributed by atoms with van der Waals surface area (Å²) in [5.74, 6) is -1.87. The average Bonchev–Trinajstić information content (AvgIpc) is 2.38. The fourth-order valence-corrected chi connectivity index (χ4v) is 1.59. The van der Waals surface area contributed by atoms with Crippen LogP contribution in [-0.4, -0.2) is 37.1 Å². The Morgan fingerprint density at radius 1 is 1.10 bits per heavy atom. The van der Waals surface area contributed by atoms with Crippen molar-refractivity contribution in [2.45, 2.75) is 32.9 Å². The van der Waals surface area contributed by atoms with E-state index in [0.717, 1.165) is 0 Å². The van der Waals surface area contributed by atoms with Gasteiger partial charge in [-0.05, 0) is 38.5 Å². The molecule has 0 aliphatic heterocycles. The van der Waals surface area contributed by atoms with Crippen molar-refractivity contribution in [1.29, 1.82) is 0 Å². The highest BCUT2D eigenvalue weighted by atomic mass is 19.1. The smallest absolute Gasteiger partial charge is 0.190 e. The summed E-state index contributed by atoms with van der Waals surface area (Å²) in [5, 5.41) is 11.7. The van der Waals surface area contributed by atoms with Crippen LogP contribution in [0.1, 0.15) is 26.3 Å². The summed E-state index contributed by atoms with van der Waals surface area (Å²) in [6, 6.07) is 2.51. The van der Waals surface area contributed by atoms with Crippen LogP contribution in [0.4, 0.5) is 8.78 Å². The molecule has 0 heterocycles. The molecule has 0 atom stereocenters. The maximum Gasteiger partial charge on any atom is 0.190 e. The summed E-state index contributed by atoms with van der Waals surface area (Å²) >= 11 is 0. The van der Waals surface area contributed by atoms with Crippen LogP contribution in [0.3, 0.4) is 0 Å². The molecule has 1 aromatic carbocycles. The van der Waals surface area contributed by atoms with Crippen LogP contribution in [0.25, 0.3) is 0 Å². The second kappa shape index (κ2) is 8.26. The molecule has 0 aliphatic carbocycles. The molecule has 0 fully saturated rings. The Balaban J connectivity index is 2.58. The van der Waals surface area contributed by atoms with Crippen molar-refractivity contribution in [2.24, 2.45) is 0 Å². The largest absolute Gasteiger partial charge is 0.485 e. The van der Waals surface area contributed by atoms with Crippen LogP contribution in [0.5, 0.6) is 5.75 Å². The van der Waals surface area contributed by atoms with E-state index < -0.39 is 17.4 Å². The number of hydrogen-bond donors (Lipinski definition) is 2. The van der Waals surface area contributed by atoms with Gasteiger partial charge >= 0.3 is 0 Å². The second-order valence-electron chi connectivity index (χ2n) is 5.68. The molecule has 1 rings (SSSR count). The van der Waals surface area contributed by atoms with Gasteiger partial charge in [-0.1, -0.05) is 0 Å². The van der Waals surface area contributed by atoms with Crippen molar-refractivity contribution in [2.75, 3.05) is 26.4 Å². The van der Waals surface area contributed by atoms with E-state index in [1.165, 1.54) is 12.1 Å². The molecule has 0 bridgehead atoms. The molecule has 0 saturated carbocycles. The van der Waals surface area contributed by atoms with E-state index in [2.05, 4.69) is 5.32 Å². The Labute approximate surface area is 124 Å². The van der Waals surface area contributed by atoms with Gasteiger partial charge < -0.3 is 19.9 Å². The molecule has 0 unspecified atom stereocenters. The molecular formula is C15H23F2NO3. The minimum absolute atomic E-state index is 0.0213. The van der Waals surface area contributed by atoms with E-state index in [4.69, 9.17) is 14.6 Å². The van der Waals surface area contributed by atoms with Crippen molar-refractivity contribution in [1.82, 2.24) is 5.32 Å². The maximum atomic E-state index is 13.8. The Morgan fingerprint density at radius 3 is 2.24 bits per heavy atom. The number of benzene rings is 1. The quantitative estimate of drug-likeness (QED) is 0.723. The Kier molecular flexibility index (Phi) is 7.01. The Bertz CT molecular complexity index is 424. The maximum absolute atomic E-state index is 13.8. The third kappa shape index (κ3) is 6.84.